The molecule has 0 radical (unpaired) electrons. The van der Waals surface area contributed by atoms with Gasteiger partial charge in [0.15, 0.2) is 0 Å². The molecule has 0 saturated carbocycles. The quantitative estimate of drug-likeness (QED) is 0.534. The minimum atomic E-state index is -0.772. The number of hydrogen-bond acceptors (Lipinski definition) is 4. The summed E-state index contributed by atoms with van der Waals surface area (Å²) in [7, 11) is 1.80. The number of likely N-dealkylation sites (N-methyl/N-ethyl adjacent to an activating group) is 1. The third kappa shape index (κ3) is 2.19. The highest BCUT2D eigenvalue weighted by Crippen LogP contribution is 2.33. The first-order chi connectivity index (χ1) is 7.95. The van der Waals surface area contributed by atoms with Crippen LogP contribution in [0.1, 0.15) is 32.6 Å². The molecular formula is C12H22N2O3. The number of nitrogens with one attached hydrogen (secondary N) is 1. The molecule has 5 heteroatoms. The van der Waals surface area contributed by atoms with E-state index < -0.39 is 17.7 Å². The zero-order valence-corrected chi connectivity index (χ0v) is 10.5. The summed E-state index contributed by atoms with van der Waals surface area (Å²) < 4.78 is 0. The Morgan fingerprint density at radius 1 is 1.41 bits per heavy atom. The summed E-state index contributed by atoms with van der Waals surface area (Å²) >= 11 is 0. The van der Waals surface area contributed by atoms with Gasteiger partial charge in [0, 0.05) is 32.5 Å². The van der Waals surface area contributed by atoms with Gasteiger partial charge in [0.2, 0.25) is 5.91 Å². The maximum Gasteiger partial charge on any atom is 0.222 e. The molecule has 17 heavy (non-hydrogen) atoms. The first-order valence-electron chi connectivity index (χ1n) is 6.31. The summed E-state index contributed by atoms with van der Waals surface area (Å²) in [5, 5.41) is 22.9. The Morgan fingerprint density at radius 2 is 2.12 bits per heavy atom. The molecule has 0 aromatic heterocycles. The van der Waals surface area contributed by atoms with Gasteiger partial charge in [-0.2, -0.15) is 0 Å². The van der Waals surface area contributed by atoms with Crippen LogP contribution >= 0.6 is 0 Å². The molecule has 1 amide bonds. The molecule has 0 unspecified atom stereocenters. The number of aliphatic hydroxyl groups excluding tert-OH is 2. The molecule has 2 aliphatic heterocycles. The Hall–Kier alpha value is -0.650. The van der Waals surface area contributed by atoms with Gasteiger partial charge in [-0.25, -0.2) is 0 Å². The van der Waals surface area contributed by atoms with E-state index >= 15 is 0 Å². The fourth-order valence-corrected chi connectivity index (χ4v) is 3.01. The number of likely N-dealkylation sites (tertiary alicyclic amines) is 1. The SMILES string of the molecule is CN1C(=O)CCC[C@H]2NC[C@H](O)[C@H](O)C[C@@]21C. The normalized spacial score (nSPS) is 43.9. The summed E-state index contributed by atoms with van der Waals surface area (Å²) in [6.45, 7) is 2.39. The number of aliphatic hydroxyl groups is 2. The minimum Gasteiger partial charge on any atom is -0.390 e. The van der Waals surface area contributed by atoms with Gasteiger partial charge in [0.1, 0.15) is 0 Å². The van der Waals surface area contributed by atoms with Crippen molar-refractivity contribution in [2.45, 2.75) is 56.4 Å². The Bertz CT molecular complexity index is 310. The topological polar surface area (TPSA) is 72.8 Å². The van der Waals surface area contributed by atoms with Crippen LogP contribution in [0.2, 0.25) is 0 Å². The molecule has 98 valence electrons. The van der Waals surface area contributed by atoms with Gasteiger partial charge in [0.25, 0.3) is 0 Å². The van der Waals surface area contributed by atoms with Gasteiger partial charge in [-0.15, -0.1) is 0 Å². The van der Waals surface area contributed by atoms with Crippen molar-refractivity contribution in [2.24, 2.45) is 0 Å². The summed E-state index contributed by atoms with van der Waals surface area (Å²) in [5.74, 6) is 0.125. The lowest BCUT2D eigenvalue weighted by atomic mass is 9.84. The number of nitrogens with zero attached hydrogens (tertiary/aromatic N) is 1. The van der Waals surface area contributed by atoms with E-state index in [1.165, 1.54) is 0 Å². The van der Waals surface area contributed by atoms with Crippen LogP contribution in [-0.4, -0.2) is 58.4 Å². The van der Waals surface area contributed by atoms with E-state index in [0.29, 0.717) is 19.4 Å². The third-order valence-corrected chi connectivity index (χ3v) is 4.41. The van der Waals surface area contributed by atoms with Gasteiger partial charge < -0.3 is 20.4 Å². The highest BCUT2D eigenvalue weighted by molar-refractivity contribution is 5.77. The molecule has 2 rings (SSSR count). The van der Waals surface area contributed by atoms with Crippen LogP contribution in [0, 0.1) is 0 Å². The number of rotatable bonds is 0. The number of carbonyl (C=O) groups is 1. The van der Waals surface area contributed by atoms with Crippen LogP contribution in [0.15, 0.2) is 0 Å². The molecule has 4 atom stereocenters. The van der Waals surface area contributed by atoms with Gasteiger partial charge in [-0.05, 0) is 19.8 Å². The largest absolute Gasteiger partial charge is 0.390 e. The van der Waals surface area contributed by atoms with Gasteiger partial charge >= 0.3 is 0 Å². The van der Waals surface area contributed by atoms with Crippen molar-refractivity contribution >= 4 is 5.91 Å². The highest BCUT2D eigenvalue weighted by atomic mass is 16.3. The zero-order valence-electron chi connectivity index (χ0n) is 10.5. The summed E-state index contributed by atoms with van der Waals surface area (Å²) in [5.41, 5.74) is -0.412. The fourth-order valence-electron chi connectivity index (χ4n) is 3.01. The molecule has 2 heterocycles. The molecule has 0 spiro atoms. The average Bonchev–Trinajstić information content (AvgIpc) is 2.45. The van der Waals surface area contributed by atoms with E-state index in [-0.39, 0.29) is 11.9 Å². The van der Waals surface area contributed by atoms with Crippen molar-refractivity contribution in [3.63, 3.8) is 0 Å². The van der Waals surface area contributed by atoms with Crippen molar-refractivity contribution in [1.82, 2.24) is 10.2 Å². The van der Waals surface area contributed by atoms with Gasteiger partial charge in [-0.1, -0.05) is 0 Å². The second kappa shape index (κ2) is 4.55. The van der Waals surface area contributed by atoms with Crippen molar-refractivity contribution in [1.29, 1.82) is 0 Å². The number of carbonyl (C=O) groups excluding carboxylic acids is 1. The fraction of sp³-hybridized carbons (Fsp3) is 0.917. The highest BCUT2D eigenvalue weighted by Gasteiger charge is 2.46. The van der Waals surface area contributed by atoms with Crippen molar-refractivity contribution in [2.75, 3.05) is 13.6 Å². The van der Waals surface area contributed by atoms with E-state index in [4.69, 9.17) is 0 Å². The van der Waals surface area contributed by atoms with Crippen LogP contribution in [-0.2, 0) is 4.79 Å². The maximum atomic E-state index is 11.9. The lowest BCUT2D eigenvalue weighted by Crippen LogP contribution is -2.58. The Balaban J connectivity index is 2.29. The van der Waals surface area contributed by atoms with Crippen LogP contribution in [0.25, 0.3) is 0 Å². The van der Waals surface area contributed by atoms with Crippen molar-refractivity contribution < 1.29 is 15.0 Å². The number of hydrogen-bond donors (Lipinski definition) is 3. The molecule has 0 bridgehead atoms. The van der Waals surface area contributed by atoms with E-state index in [0.717, 1.165) is 12.8 Å². The summed E-state index contributed by atoms with van der Waals surface area (Å²) in [6.07, 6.45) is 1.25. The molecule has 3 N–H and O–H groups in total. The Morgan fingerprint density at radius 3 is 2.82 bits per heavy atom. The molecular weight excluding hydrogens is 220 g/mol. The Kier molecular flexibility index (Phi) is 3.43. The standard InChI is InChI=1S/C12H22N2O3/c1-12-6-8(15)9(16)7-13-10(12)4-3-5-11(17)14(12)2/h8-10,13,15-16H,3-7H2,1-2H3/t8-,9+,10-,12+/m1/s1. The average molecular weight is 242 g/mol. The third-order valence-electron chi connectivity index (χ3n) is 4.41. The van der Waals surface area contributed by atoms with Crippen molar-refractivity contribution in [3.05, 3.63) is 0 Å². The van der Waals surface area contributed by atoms with Crippen LogP contribution in [0.3, 0.4) is 0 Å². The summed E-state index contributed by atoms with van der Waals surface area (Å²) in [6, 6.07) is 0.144. The molecule has 2 fully saturated rings. The molecule has 0 aromatic rings. The number of amides is 1. The van der Waals surface area contributed by atoms with E-state index in [1.807, 2.05) is 6.92 Å². The van der Waals surface area contributed by atoms with Crippen LogP contribution < -0.4 is 5.32 Å². The van der Waals surface area contributed by atoms with Gasteiger partial charge in [0.05, 0.1) is 17.7 Å². The molecule has 0 aliphatic carbocycles. The van der Waals surface area contributed by atoms with E-state index in [9.17, 15) is 15.0 Å². The lowest BCUT2D eigenvalue weighted by Gasteiger charge is -2.43. The molecule has 2 aliphatic rings. The van der Waals surface area contributed by atoms with Crippen molar-refractivity contribution in [3.8, 4) is 0 Å². The monoisotopic (exact) mass is 242 g/mol. The second-order valence-electron chi connectivity index (χ2n) is 5.50. The molecule has 5 nitrogen and oxygen atoms in total. The Labute approximate surface area is 102 Å². The first-order valence-corrected chi connectivity index (χ1v) is 6.31. The maximum absolute atomic E-state index is 11.9. The predicted octanol–water partition coefficient (Wildman–Crippen LogP) is -0.529. The lowest BCUT2D eigenvalue weighted by molar-refractivity contribution is -0.136. The second-order valence-corrected chi connectivity index (χ2v) is 5.50. The predicted molar refractivity (Wildman–Crippen MR) is 63.4 cm³/mol. The minimum absolute atomic E-state index is 0.125. The number of fused-ring (bicyclic) bond motifs is 1. The first kappa shape index (κ1) is 12.8. The smallest absolute Gasteiger partial charge is 0.222 e. The number of β-amino-alcohol motifs (C(OH)–C–C–N with tert-alkyl or cyclic N) is 1. The van der Waals surface area contributed by atoms with E-state index in [2.05, 4.69) is 5.32 Å². The molecule has 0 aromatic carbocycles. The molecule has 2 saturated heterocycles. The zero-order chi connectivity index (χ0) is 12.6. The van der Waals surface area contributed by atoms with Gasteiger partial charge in [-0.3, -0.25) is 4.79 Å². The summed E-state index contributed by atoms with van der Waals surface area (Å²) in [4.78, 5) is 13.7. The van der Waals surface area contributed by atoms with Crippen LogP contribution in [0.4, 0.5) is 0 Å². The van der Waals surface area contributed by atoms with Crippen LogP contribution in [0.5, 0.6) is 0 Å². The van der Waals surface area contributed by atoms with E-state index in [1.54, 1.807) is 11.9 Å².